The number of ether oxygens (including phenoxy) is 1. The van der Waals surface area contributed by atoms with Crippen molar-refractivity contribution in [2.24, 2.45) is 0 Å². The summed E-state index contributed by atoms with van der Waals surface area (Å²) in [6.07, 6.45) is 1.38. The summed E-state index contributed by atoms with van der Waals surface area (Å²) in [6, 6.07) is 11.0. The van der Waals surface area contributed by atoms with E-state index in [2.05, 4.69) is 5.32 Å². The van der Waals surface area contributed by atoms with E-state index in [-0.39, 0.29) is 6.04 Å². The number of methoxy groups -OCH3 is 1. The van der Waals surface area contributed by atoms with Crippen molar-refractivity contribution in [2.75, 3.05) is 17.7 Å². The predicted octanol–water partition coefficient (Wildman–Crippen LogP) is 4.08. The van der Waals surface area contributed by atoms with Crippen LogP contribution in [0.2, 0.25) is 5.02 Å². The van der Waals surface area contributed by atoms with Gasteiger partial charge < -0.3 is 10.1 Å². The van der Waals surface area contributed by atoms with Gasteiger partial charge in [-0.25, -0.2) is 8.42 Å². The van der Waals surface area contributed by atoms with Gasteiger partial charge in [-0.3, -0.25) is 9.10 Å². The maximum atomic E-state index is 13.1. The summed E-state index contributed by atoms with van der Waals surface area (Å²) in [7, 11) is -2.16. The number of aryl methyl sites for hydroxylation is 1. The SMILES string of the molecule is CC[C@@H](C(=O)N[C@H](C)c1ccccc1OC)N(c1ccc(C)c(Cl)c1)S(C)(=O)=O. The van der Waals surface area contributed by atoms with Crippen molar-refractivity contribution in [3.63, 3.8) is 0 Å². The second-order valence-electron chi connectivity index (χ2n) is 6.89. The van der Waals surface area contributed by atoms with Crippen LogP contribution in [0.1, 0.15) is 37.4 Å². The fourth-order valence-electron chi connectivity index (χ4n) is 3.19. The highest BCUT2D eigenvalue weighted by Crippen LogP contribution is 2.29. The Hall–Kier alpha value is -2.25. The quantitative estimate of drug-likeness (QED) is 0.673. The van der Waals surface area contributed by atoms with Crippen LogP contribution in [0.5, 0.6) is 5.75 Å². The zero-order valence-corrected chi connectivity index (χ0v) is 18.8. The molecule has 0 spiro atoms. The second-order valence-corrected chi connectivity index (χ2v) is 9.16. The Morgan fingerprint density at radius 1 is 1.24 bits per heavy atom. The van der Waals surface area contributed by atoms with E-state index in [1.54, 1.807) is 32.2 Å². The van der Waals surface area contributed by atoms with E-state index in [0.717, 1.165) is 21.7 Å². The number of rotatable bonds is 8. The van der Waals surface area contributed by atoms with E-state index in [9.17, 15) is 13.2 Å². The Balaban J connectivity index is 2.36. The summed E-state index contributed by atoms with van der Waals surface area (Å²) >= 11 is 6.20. The first-order valence-electron chi connectivity index (χ1n) is 9.29. The van der Waals surface area contributed by atoms with Gasteiger partial charge in [-0.15, -0.1) is 0 Å². The van der Waals surface area contributed by atoms with Gasteiger partial charge >= 0.3 is 0 Å². The standard InChI is InChI=1S/C21H27ClN2O4S/c1-6-19(21(25)23-15(3)17-9-7-8-10-20(17)28-4)24(29(5,26)27)16-12-11-14(2)18(22)13-16/h7-13,15,19H,6H2,1-5H3,(H,23,25)/t15-,19+/m1/s1. The molecule has 0 radical (unpaired) electrons. The average molecular weight is 439 g/mol. The molecule has 0 saturated carbocycles. The minimum atomic E-state index is -3.73. The van der Waals surface area contributed by atoms with Crippen molar-refractivity contribution in [1.29, 1.82) is 0 Å². The van der Waals surface area contributed by atoms with Crippen LogP contribution in [0.3, 0.4) is 0 Å². The predicted molar refractivity (Wildman–Crippen MR) is 117 cm³/mol. The first kappa shape index (κ1) is 23.0. The number of hydrogen-bond donors (Lipinski definition) is 1. The van der Waals surface area contributed by atoms with Gasteiger partial charge in [0.25, 0.3) is 0 Å². The summed E-state index contributed by atoms with van der Waals surface area (Å²) in [5.41, 5.74) is 1.99. The largest absolute Gasteiger partial charge is 0.496 e. The van der Waals surface area contributed by atoms with Crippen molar-refractivity contribution in [2.45, 2.75) is 39.3 Å². The second kappa shape index (κ2) is 9.50. The molecule has 2 aromatic carbocycles. The van der Waals surface area contributed by atoms with Gasteiger partial charge in [-0.2, -0.15) is 0 Å². The molecule has 0 fully saturated rings. The molecule has 0 aromatic heterocycles. The van der Waals surface area contributed by atoms with Crippen LogP contribution in [0.15, 0.2) is 42.5 Å². The molecule has 0 unspecified atom stereocenters. The number of halogens is 1. The molecule has 1 N–H and O–H groups in total. The van der Waals surface area contributed by atoms with E-state index in [1.807, 2.05) is 38.1 Å². The molecule has 1 amide bonds. The van der Waals surface area contributed by atoms with Crippen LogP contribution in [0.25, 0.3) is 0 Å². The van der Waals surface area contributed by atoms with Gasteiger partial charge in [0.05, 0.1) is 25.1 Å². The van der Waals surface area contributed by atoms with E-state index >= 15 is 0 Å². The van der Waals surface area contributed by atoms with Crippen LogP contribution in [0, 0.1) is 6.92 Å². The molecule has 8 heteroatoms. The van der Waals surface area contributed by atoms with Crippen LogP contribution >= 0.6 is 11.6 Å². The Kier molecular flexibility index (Phi) is 7.54. The third-order valence-electron chi connectivity index (χ3n) is 4.70. The highest BCUT2D eigenvalue weighted by atomic mass is 35.5. The molecular formula is C21H27ClN2O4S. The number of nitrogens with zero attached hydrogens (tertiary/aromatic N) is 1. The first-order chi connectivity index (χ1) is 13.6. The molecular weight excluding hydrogens is 412 g/mol. The molecule has 0 saturated heterocycles. The Labute approximate surface area is 177 Å². The lowest BCUT2D eigenvalue weighted by Crippen LogP contribution is -2.49. The van der Waals surface area contributed by atoms with E-state index in [1.165, 1.54) is 0 Å². The molecule has 2 aromatic rings. The summed E-state index contributed by atoms with van der Waals surface area (Å²) in [5, 5.41) is 3.35. The fourth-order valence-corrected chi connectivity index (χ4v) is 4.57. The molecule has 0 aliphatic carbocycles. The maximum Gasteiger partial charge on any atom is 0.244 e. The third-order valence-corrected chi connectivity index (χ3v) is 6.29. The fraction of sp³-hybridized carbons (Fsp3) is 0.381. The van der Waals surface area contributed by atoms with E-state index in [4.69, 9.17) is 16.3 Å². The number of amides is 1. The minimum Gasteiger partial charge on any atom is -0.496 e. The number of carbonyl (C=O) groups is 1. The van der Waals surface area contributed by atoms with Crippen LogP contribution in [-0.2, 0) is 14.8 Å². The number of anilines is 1. The summed E-state index contributed by atoms with van der Waals surface area (Å²) in [6.45, 7) is 5.43. The lowest BCUT2D eigenvalue weighted by molar-refractivity contribution is -0.122. The summed E-state index contributed by atoms with van der Waals surface area (Å²) in [5.74, 6) is 0.256. The minimum absolute atomic E-state index is 0.295. The summed E-state index contributed by atoms with van der Waals surface area (Å²) < 4.78 is 31.6. The number of benzene rings is 2. The van der Waals surface area contributed by atoms with Crippen molar-refractivity contribution in [1.82, 2.24) is 5.32 Å². The zero-order valence-electron chi connectivity index (χ0n) is 17.3. The number of hydrogen-bond acceptors (Lipinski definition) is 4. The van der Waals surface area contributed by atoms with Crippen molar-refractivity contribution < 1.29 is 17.9 Å². The Morgan fingerprint density at radius 2 is 1.90 bits per heavy atom. The molecule has 2 atom stereocenters. The summed E-state index contributed by atoms with van der Waals surface area (Å²) in [4.78, 5) is 13.1. The highest BCUT2D eigenvalue weighted by Gasteiger charge is 2.32. The van der Waals surface area contributed by atoms with Gasteiger partial charge in [0.15, 0.2) is 0 Å². The van der Waals surface area contributed by atoms with Gasteiger partial charge in [0, 0.05) is 10.6 Å². The smallest absolute Gasteiger partial charge is 0.244 e. The van der Waals surface area contributed by atoms with Crippen LogP contribution in [-0.4, -0.2) is 33.7 Å². The van der Waals surface area contributed by atoms with Crippen molar-refractivity contribution in [3.05, 3.63) is 58.6 Å². The van der Waals surface area contributed by atoms with Crippen molar-refractivity contribution >= 4 is 33.2 Å². The molecule has 0 heterocycles. The monoisotopic (exact) mass is 438 g/mol. The number of carbonyl (C=O) groups excluding carboxylic acids is 1. The maximum absolute atomic E-state index is 13.1. The molecule has 0 aliphatic rings. The van der Waals surface area contributed by atoms with Gasteiger partial charge in [0.2, 0.25) is 15.9 Å². The molecule has 0 bridgehead atoms. The number of sulfonamides is 1. The van der Waals surface area contributed by atoms with E-state index in [0.29, 0.717) is 22.9 Å². The topological polar surface area (TPSA) is 75.7 Å². The molecule has 0 aliphatic heterocycles. The molecule has 6 nitrogen and oxygen atoms in total. The normalized spacial score (nSPS) is 13.4. The lowest BCUT2D eigenvalue weighted by Gasteiger charge is -2.31. The zero-order chi connectivity index (χ0) is 21.8. The Bertz CT molecular complexity index is 978. The molecule has 29 heavy (non-hydrogen) atoms. The highest BCUT2D eigenvalue weighted by molar-refractivity contribution is 7.92. The third kappa shape index (κ3) is 5.42. The average Bonchev–Trinajstić information content (AvgIpc) is 2.67. The first-order valence-corrected chi connectivity index (χ1v) is 11.5. The number of nitrogens with one attached hydrogen (secondary N) is 1. The number of para-hydroxylation sites is 1. The molecule has 2 rings (SSSR count). The lowest BCUT2D eigenvalue weighted by atomic mass is 10.1. The van der Waals surface area contributed by atoms with Gasteiger partial charge in [0.1, 0.15) is 11.8 Å². The van der Waals surface area contributed by atoms with Crippen LogP contribution in [0.4, 0.5) is 5.69 Å². The van der Waals surface area contributed by atoms with Crippen LogP contribution < -0.4 is 14.4 Å². The van der Waals surface area contributed by atoms with Gasteiger partial charge in [-0.05, 0) is 44.0 Å². The van der Waals surface area contributed by atoms with Crippen molar-refractivity contribution in [3.8, 4) is 5.75 Å². The Morgan fingerprint density at radius 3 is 2.45 bits per heavy atom. The van der Waals surface area contributed by atoms with Gasteiger partial charge in [-0.1, -0.05) is 42.8 Å². The molecule has 158 valence electrons. The van der Waals surface area contributed by atoms with E-state index < -0.39 is 22.0 Å².